The molecule has 2 amide bonds. The Hall–Kier alpha value is -3.40. The van der Waals surface area contributed by atoms with Gasteiger partial charge in [-0.2, -0.15) is 0 Å². The topological polar surface area (TPSA) is 91.3 Å². The van der Waals surface area contributed by atoms with E-state index in [1.165, 1.54) is 6.92 Å². The van der Waals surface area contributed by atoms with Crippen molar-refractivity contribution in [2.24, 2.45) is 0 Å². The molecule has 1 fully saturated rings. The van der Waals surface area contributed by atoms with E-state index >= 15 is 0 Å². The van der Waals surface area contributed by atoms with Gasteiger partial charge in [0.2, 0.25) is 11.8 Å². The molecule has 0 aliphatic carbocycles. The SMILES string of the molecule is CCN(CC)CCN(CC(=O)N1CCN(c2ccc(-c3ccc(OC)cc3OC)nn2)CC1)C(C)=O. The molecule has 1 aliphatic heterocycles. The quantitative estimate of drug-likeness (QED) is 0.465. The van der Waals surface area contributed by atoms with Crippen molar-refractivity contribution in [1.29, 1.82) is 0 Å². The molecule has 36 heavy (non-hydrogen) atoms. The highest BCUT2D eigenvalue weighted by atomic mass is 16.5. The van der Waals surface area contributed by atoms with Crippen molar-refractivity contribution in [2.45, 2.75) is 20.8 Å². The van der Waals surface area contributed by atoms with Gasteiger partial charge in [-0.1, -0.05) is 13.8 Å². The first kappa shape index (κ1) is 27.2. The molecule has 1 aromatic heterocycles. The molecule has 2 heterocycles. The zero-order valence-corrected chi connectivity index (χ0v) is 22.1. The highest BCUT2D eigenvalue weighted by Gasteiger charge is 2.24. The van der Waals surface area contributed by atoms with E-state index in [1.54, 1.807) is 19.1 Å². The average Bonchev–Trinajstić information content (AvgIpc) is 2.92. The summed E-state index contributed by atoms with van der Waals surface area (Å²) in [5.74, 6) is 2.06. The van der Waals surface area contributed by atoms with Crippen molar-refractivity contribution in [1.82, 2.24) is 24.9 Å². The van der Waals surface area contributed by atoms with Crippen LogP contribution in [0.4, 0.5) is 5.82 Å². The van der Waals surface area contributed by atoms with Crippen molar-refractivity contribution < 1.29 is 19.1 Å². The van der Waals surface area contributed by atoms with Crippen LogP contribution in [0.25, 0.3) is 11.3 Å². The van der Waals surface area contributed by atoms with Gasteiger partial charge in [-0.25, -0.2) is 0 Å². The molecule has 0 saturated carbocycles. The molecule has 0 spiro atoms. The Morgan fingerprint density at radius 1 is 0.944 bits per heavy atom. The van der Waals surface area contributed by atoms with Crippen LogP contribution in [0, 0.1) is 0 Å². The van der Waals surface area contributed by atoms with Crippen LogP contribution >= 0.6 is 0 Å². The minimum absolute atomic E-state index is 0.0163. The fraction of sp³-hybridized carbons (Fsp3) is 0.538. The maximum Gasteiger partial charge on any atom is 0.242 e. The van der Waals surface area contributed by atoms with Crippen molar-refractivity contribution in [3.63, 3.8) is 0 Å². The molecule has 1 saturated heterocycles. The van der Waals surface area contributed by atoms with Crippen molar-refractivity contribution in [3.8, 4) is 22.8 Å². The zero-order chi connectivity index (χ0) is 26.1. The molecular weight excluding hydrogens is 460 g/mol. The molecule has 2 aromatic rings. The van der Waals surface area contributed by atoms with Gasteiger partial charge in [0, 0.05) is 57.8 Å². The Morgan fingerprint density at radius 3 is 2.22 bits per heavy atom. The monoisotopic (exact) mass is 498 g/mol. The number of hydrogen-bond acceptors (Lipinski definition) is 8. The third-order valence-electron chi connectivity index (χ3n) is 6.64. The third kappa shape index (κ3) is 6.84. The summed E-state index contributed by atoms with van der Waals surface area (Å²) in [7, 11) is 3.23. The van der Waals surface area contributed by atoms with E-state index in [0.717, 1.165) is 31.0 Å². The van der Waals surface area contributed by atoms with Gasteiger partial charge in [0.1, 0.15) is 11.5 Å². The van der Waals surface area contributed by atoms with Gasteiger partial charge in [-0.3, -0.25) is 9.59 Å². The van der Waals surface area contributed by atoms with Crippen LogP contribution in [0.2, 0.25) is 0 Å². The van der Waals surface area contributed by atoms with Crippen LogP contribution in [-0.4, -0.2) is 110 Å². The third-order valence-corrected chi connectivity index (χ3v) is 6.64. The second-order valence-corrected chi connectivity index (χ2v) is 8.68. The summed E-state index contributed by atoms with van der Waals surface area (Å²) >= 11 is 0. The van der Waals surface area contributed by atoms with Gasteiger partial charge < -0.3 is 29.1 Å². The number of piperazine rings is 1. The first-order valence-electron chi connectivity index (χ1n) is 12.5. The summed E-state index contributed by atoms with van der Waals surface area (Å²) in [5.41, 5.74) is 1.55. The smallest absolute Gasteiger partial charge is 0.242 e. The lowest BCUT2D eigenvalue weighted by atomic mass is 10.1. The molecule has 0 bridgehead atoms. The predicted molar refractivity (Wildman–Crippen MR) is 139 cm³/mol. The van der Waals surface area contributed by atoms with Crippen molar-refractivity contribution in [3.05, 3.63) is 30.3 Å². The largest absolute Gasteiger partial charge is 0.497 e. The lowest BCUT2D eigenvalue weighted by Crippen LogP contribution is -2.52. The lowest BCUT2D eigenvalue weighted by Gasteiger charge is -2.36. The van der Waals surface area contributed by atoms with Crippen LogP contribution in [0.1, 0.15) is 20.8 Å². The number of nitrogens with zero attached hydrogens (tertiary/aromatic N) is 6. The fourth-order valence-corrected chi connectivity index (χ4v) is 4.25. The number of benzene rings is 1. The van der Waals surface area contributed by atoms with Crippen LogP contribution in [0.5, 0.6) is 11.5 Å². The average molecular weight is 499 g/mol. The Kier molecular flexibility index (Phi) is 9.86. The summed E-state index contributed by atoms with van der Waals surface area (Å²) in [4.78, 5) is 32.8. The number of likely N-dealkylation sites (N-methyl/N-ethyl adjacent to an activating group) is 1. The molecule has 196 valence electrons. The van der Waals surface area contributed by atoms with Crippen LogP contribution in [0.3, 0.4) is 0 Å². The molecule has 10 heteroatoms. The minimum Gasteiger partial charge on any atom is -0.497 e. The van der Waals surface area contributed by atoms with Crippen LogP contribution in [0.15, 0.2) is 30.3 Å². The summed E-state index contributed by atoms with van der Waals surface area (Å²) < 4.78 is 10.7. The maximum absolute atomic E-state index is 12.9. The standard InChI is InChI=1S/C26H38N6O4/c1-6-29(7-2)12-13-32(20(3)33)19-26(34)31-16-14-30(15-17-31)25-11-10-23(27-28-25)22-9-8-21(35-4)18-24(22)36-5/h8-11,18H,6-7,12-17,19H2,1-5H3. The van der Waals surface area contributed by atoms with Gasteiger partial charge in [0.25, 0.3) is 0 Å². The van der Waals surface area contributed by atoms with E-state index in [0.29, 0.717) is 49.9 Å². The van der Waals surface area contributed by atoms with E-state index in [1.807, 2.05) is 35.2 Å². The number of carbonyl (C=O) groups excluding carboxylic acids is 2. The summed E-state index contributed by atoms with van der Waals surface area (Å²) in [6, 6.07) is 9.44. The van der Waals surface area contributed by atoms with Gasteiger partial charge in [0.05, 0.1) is 26.5 Å². The first-order valence-corrected chi connectivity index (χ1v) is 12.5. The number of hydrogen-bond donors (Lipinski definition) is 0. The van der Waals surface area contributed by atoms with E-state index in [9.17, 15) is 9.59 Å². The maximum atomic E-state index is 12.9. The van der Waals surface area contributed by atoms with E-state index in [2.05, 4.69) is 33.8 Å². The number of amides is 2. The normalized spacial score (nSPS) is 13.6. The number of ether oxygens (including phenoxy) is 2. The van der Waals surface area contributed by atoms with Gasteiger partial charge in [-0.05, 0) is 37.4 Å². The summed E-state index contributed by atoms with van der Waals surface area (Å²) in [5, 5.41) is 8.83. The molecule has 0 radical (unpaired) electrons. The second kappa shape index (κ2) is 13.1. The van der Waals surface area contributed by atoms with Gasteiger partial charge >= 0.3 is 0 Å². The number of rotatable bonds is 11. The number of anilines is 1. The molecule has 10 nitrogen and oxygen atoms in total. The Bertz CT molecular complexity index is 1000. The van der Waals surface area contributed by atoms with E-state index < -0.39 is 0 Å². The number of aromatic nitrogens is 2. The first-order chi connectivity index (χ1) is 17.4. The molecule has 0 atom stereocenters. The van der Waals surface area contributed by atoms with Crippen molar-refractivity contribution in [2.75, 3.05) is 78.0 Å². The molecule has 0 N–H and O–H groups in total. The molecule has 1 aliphatic rings. The predicted octanol–water partition coefficient (Wildman–Crippen LogP) is 2.00. The highest BCUT2D eigenvalue weighted by Crippen LogP contribution is 2.32. The van der Waals surface area contributed by atoms with Crippen LogP contribution in [-0.2, 0) is 9.59 Å². The molecular formula is C26H38N6O4. The zero-order valence-electron chi connectivity index (χ0n) is 22.1. The van der Waals surface area contributed by atoms with Crippen LogP contribution < -0.4 is 14.4 Å². The minimum atomic E-state index is -0.0713. The Morgan fingerprint density at radius 2 is 1.67 bits per heavy atom. The molecule has 3 rings (SSSR count). The summed E-state index contributed by atoms with van der Waals surface area (Å²) in [6.07, 6.45) is 0. The van der Waals surface area contributed by atoms with Crippen molar-refractivity contribution >= 4 is 17.6 Å². The van der Waals surface area contributed by atoms with E-state index in [4.69, 9.17) is 9.47 Å². The summed E-state index contributed by atoms with van der Waals surface area (Å²) in [6.45, 7) is 11.5. The lowest BCUT2D eigenvalue weighted by molar-refractivity contribution is -0.139. The highest BCUT2D eigenvalue weighted by molar-refractivity contribution is 5.84. The van der Waals surface area contributed by atoms with Gasteiger partial charge in [0.15, 0.2) is 5.82 Å². The molecule has 1 aromatic carbocycles. The Balaban J connectivity index is 1.56. The van der Waals surface area contributed by atoms with E-state index in [-0.39, 0.29) is 18.4 Å². The fourth-order valence-electron chi connectivity index (χ4n) is 4.25. The second-order valence-electron chi connectivity index (χ2n) is 8.68. The van der Waals surface area contributed by atoms with Gasteiger partial charge in [-0.15, -0.1) is 10.2 Å². The molecule has 0 unspecified atom stereocenters. The number of carbonyl (C=O) groups is 2. The number of methoxy groups -OCH3 is 2. The Labute approximate surface area is 213 Å².